The molecule has 22 heavy (non-hydrogen) atoms. The summed E-state index contributed by atoms with van der Waals surface area (Å²) in [7, 11) is -3.23. The number of amides is 1. The number of carbonyl (C=O) groups is 1. The maximum absolute atomic E-state index is 12.4. The third kappa shape index (κ3) is 3.70. The van der Waals surface area contributed by atoms with Crippen LogP contribution in [-0.2, 0) is 9.84 Å². The van der Waals surface area contributed by atoms with E-state index in [9.17, 15) is 13.2 Å². The number of carbonyl (C=O) groups excluding carboxylic acids is 1. The van der Waals surface area contributed by atoms with Crippen molar-refractivity contribution in [1.82, 2.24) is 15.2 Å². The van der Waals surface area contributed by atoms with Crippen molar-refractivity contribution >= 4 is 15.7 Å². The van der Waals surface area contributed by atoms with Crippen LogP contribution in [0.15, 0.2) is 18.3 Å². The predicted molar refractivity (Wildman–Crippen MR) is 86.8 cm³/mol. The first-order chi connectivity index (χ1) is 10.2. The number of hydrogen-bond donors (Lipinski definition) is 2. The molecule has 1 aromatic heterocycles. The van der Waals surface area contributed by atoms with Gasteiger partial charge in [0, 0.05) is 25.0 Å². The van der Waals surface area contributed by atoms with Gasteiger partial charge < -0.3 is 15.2 Å². The Hall–Kier alpha value is -1.34. The van der Waals surface area contributed by atoms with Gasteiger partial charge in [0.05, 0.1) is 4.75 Å². The Kier molecular flexibility index (Phi) is 4.97. The lowest BCUT2D eigenvalue weighted by atomic mass is 10.1. The summed E-state index contributed by atoms with van der Waals surface area (Å²) < 4.78 is 24.4. The molecule has 124 valence electrons. The molecule has 1 amide bonds. The minimum atomic E-state index is -3.23. The fraction of sp³-hybridized carbons (Fsp3) is 0.667. The maximum Gasteiger partial charge on any atom is 0.267 e. The quantitative estimate of drug-likeness (QED) is 0.844. The van der Waals surface area contributed by atoms with E-state index in [0.29, 0.717) is 11.7 Å². The van der Waals surface area contributed by atoms with Crippen molar-refractivity contribution in [1.29, 1.82) is 0 Å². The van der Waals surface area contributed by atoms with Crippen LogP contribution in [0, 0.1) is 0 Å². The summed E-state index contributed by atoms with van der Waals surface area (Å²) in [4.78, 5) is 12.4. The van der Waals surface area contributed by atoms with Crippen LogP contribution in [0.25, 0.3) is 0 Å². The average Bonchev–Trinajstić information content (AvgIpc) is 2.94. The predicted octanol–water partition coefficient (Wildman–Crippen LogP) is 0.966. The molecule has 0 unspecified atom stereocenters. The van der Waals surface area contributed by atoms with Gasteiger partial charge in [-0.25, -0.2) is 8.42 Å². The summed E-state index contributed by atoms with van der Waals surface area (Å²) in [5.74, 6) is -0.222. The zero-order valence-corrected chi connectivity index (χ0v) is 14.2. The van der Waals surface area contributed by atoms with Crippen LogP contribution in [0.5, 0.6) is 0 Å². The first-order valence-electron chi connectivity index (χ1n) is 7.58. The molecule has 0 aromatic carbocycles. The second-order valence-corrected chi connectivity index (χ2v) is 9.15. The Balaban J connectivity index is 2.06. The minimum Gasteiger partial charge on any atom is -0.349 e. The van der Waals surface area contributed by atoms with Crippen molar-refractivity contribution in [3.05, 3.63) is 24.0 Å². The summed E-state index contributed by atoms with van der Waals surface area (Å²) in [6, 6.07) is 3.96. The monoisotopic (exact) mass is 327 g/mol. The molecule has 6 nitrogen and oxygen atoms in total. The van der Waals surface area contributed by atoms with E-state index in [4.69, 9.17) is 0 Å². The fourth-order valence-corrected chi connectivity index (χ4v) is 2.84. The molecule has 0 aliphatic carbocycles. The molecule has 1 saturated heterocycles. The minimum absolute atomic E-state index is 0.0993. The molecule has 2 N–H and O–H groups in total. The largest absolute Gasteiger partial charge is 0.349 e. The van der Waals surface area contributed by atoms with E-state index in [1.54, 1.807) is 19.9 Å². The van der Waals surface area contributed by atoms with Crippen molar-refractivity contribution in [2.24, 2.45) is 0 Å². The highest BCUT2D eigenvalue weighted by atomic mass is 32.2. The van der Waals surface area contributed by atoms with Crippen LogP contribution in [0.1, 0.15) is 43.2 Å². The first-order valence-corrected chi connectivity index (χ1v) is 9.47. The number of aromatic nitrogens is 1. The van der Waals surface area contributed by atoms with E-state index < -0.39 is 14.6 Å². The van der Waals surface area contributed by atoms with E-state index in [1.165, 1.54) is 6.26 Å². The molecular weight excluding hydrogens is 302 g/mol. The van der Waals surface area contributed by atoms with Gasteiger partial charge in [0.1, 0.15) is 5.69 Å². The number of sulfone groups is 1. The summed E-state index contributed by atoms with van der Waals surface area (Å²) in [5.41, 5.74) is 0.594. The van der Waals surface area contributed by atoms with Crippen molar-refractivity contribution in [3.8, 4) is 0 Å². The maximum atomic E-state index is 12.4. The van der Waals surface area contributed by atoms with Gasteiger partial charge in [-0.1, -0.05) is 0 Å². The Morgan fingerprint density at radius 2 is 2.05 bits per heavy atom. The van der Waals surface area contributed by atoms with Crippen molar-refractivity contribution in [3.63, 3.8) is 0 Å². The van der Waals surface area contributed by atoms with Gasteiger partial charge in [-0.2, -0.15) is 0 Å². The molecule has 1 aliphatic heterocycles. The van der Waals surface area contributed by atoms with Crippen LogP contribution in [-0.4, -0.2) is 49.5 Å². The summed E-state index contributed by atoms with van der Waals surface area (Å²) in [5, 5.41) is 6.06. The lowest BCUT2D eigenvalue weighted by Gasteiger charge is -2.27. The molecular formula is C15H25N3O3S. The lowest BCUT2D eigenvalue weighted by Crippen LogP contribution is -2.44. The normalized spacial score (nSPS) is 17.4. The number of hydrogen-bond acceptors (Lipinski definition) is 4. The molecule has 0 spiro atoms. The van der Waals surface area contributed by atoms with E-state index in [1.807, 2.05) is 16.8 Å². The smallest absolute Gasteiger partial charge is 0.267 e. The zero-order chi connectivity index (χ0) is 16.4. The number of nitrogens with one attached hydrogen (secondary N) is 2. The number of piperidine rings is 1. The van der Waals surface area contributed by atoms with Crippen LogP contribution in [0.4, 0.5) is 0 Å². The molecule has 1 fully saturated rings. The zero-order valence-electron chi connectivity index (χ0n) is 13.4. The van der Waals surface area contributed by atoms with Gasteiger partial charge >= 0.3 is 0 Å². The molecule has 0 radical (unpaired) electrons. The molecule has 0 bridgehead atoms. The van der Waals surface area contributed by atoms with Crippen molar-refractivity contribution in [2.45, 2.75) is 37.5 Å². The third-order valence-corrected chi connectivity index (χ3v) is 6.54. The van der Waals surface area contributed by atoms with Gasteiger partial charge in [-0.3, -0.25) is 4.79 Å². The molecule has 7 heteroatoms. The summed E-state index contributed by atoms with van der Waals surface area (Å²) in [6.07, 6.45) is 5.09. The highest BCUT2D eigenvalue weighted by Gasteiger charge is 2.31. The van der Waals surface area contributed by atoms with Crippen LogP contribution < -0.4 is 10.6 Å². The van der Waals surface area contributed by atoms with Gasteiger partial charge in [0.25, 0.3) is 5.91 Å². The van der Waals surface area contributed by atoms with E-state index >= 15 is 0 Å². The summed E-state index contributed by atoms with van der Waals surface area (Å²) in [6.45, 7) is 5.24. The molecule has 2 rings (SSSR count). The average molecular weight is 327 g/mol. The first kappa shape index (κ1) is 17.0. The van der Waals surface area contributed by atoms with Gasteiger partial charge in [0.2, 0.25) is 0 Å². The topological polar surface area (TPSA) is 80.2 Å². The Morgan fingerprint density at radius 3 is 2.64 bits per heavy atom. The van der Waals surface area contributed by atoms with E-state index in [-0.39, 0.29) is 12.5 Å². The van der Waals surface area contributed by atoms with Crippen molar-refractivity contribution in [2.75, 3.05) is 25.9 Å². The van der Waals surface area contributed by atoms with Gasteiger partial charge in [-0.15, -0.1) is 0 Å². The van der Waals surface area contributed by atoms with Crippen LogP contribution >= 0.6 is 0 Å². The molecule has 0 atom stereocenters. The van der Waals surface area contributed by atoms with Gasteiger partial charge in [0.15, 0.2) is 9.84 Å². The van der Waals surface area contributed by atoms with Crippen LogP contribution in [0.3, 0.4) is 0 Å². The fourth-order valence-electron chi connectivity index (χ4n) is 2.50. The molecule has 1 aromatic rings. The Morgan fingerprint density at radius 1 is 1.41 bits per heavy atom. The second-order valence-electron chi connectivity index (χ2n) is 6.50. The van der Waals surface area contributed by atoms with Crippen molar-refractivity contribution < 1.29 is 13.2 Å². The third-order valence-electron chi connectivity index (χ3n) is 4.39. The molecule has 2 heterocycles. The van der Waals surface area contributed by atoms with Gasteiger partial charge in [-0.05, 0) is 51.9 Å². The molecule has 0 saturated carbocycles. The number of nitrogens with zero attached hydrogens (tertiary/aromatic N) is 1. The Bertz CT molecular complexity index is 628. The van der Waals surface area contributed by atoms with E-state index in [0.717, 1.165) is 25.9 Å². The van der Waals surface area contributed by atoms with Crippen LogP contribution in [0.2, 0.25) is 0 Å². The SMILES string of the molecule is CC(C)(CNC(=O)c1cccn1C1CCNCC1)S(C)(=O)=O. The molecule has 1 aliphatic rings. The highest BCUT2D eigenvalue weighted by Crippen LogP contribution is 2.21. The summed E-state index contributed by atoms with van der Waals surface area (Å²) >= 11 is 0. The van der Waals surface area contributed by atoms with E-state index in [2.05, 4.69) is 10.6 Å². The highest BCUT2D eigenvalue weighted by molar-refractivity contribution is 7.92. The number of rotatable bonds is 5. The second kappa shape index (κ2) is 6.42. The lowest BCUT2D eigenvalue weighted by molar-refractivity contribution is 0.0937. The standard InChI is InChI=1S/C15H25N3O3S/c1-15(2,22(3,20)21)11-17-14(19)13-5-4-10-18(13)12-6-8-16-9-7-12/h4-5,10,12,16H,6-9,11H2,1-3H3,(H,17,19). The Labute approximate surface area is 132 Å².